The molecule has 0 bridgehead atoms. The van der Waals surface area contributed by atoms with Gasteiger partial charge in [0.1, 0.15) is 5.69 Å². The first-order chi connectivity index (χ1) is 13.3. The van der Waals surface area contributed by atoms with Gasteiger partial charge in [0, 0.05) is 16.1 Å². The first-order valence-corrected chi connectivity index (χ1v) is 10.4. The molecule has 5 heteroatoms. The quantitative estimate of drug-likeness (QED) is 0.586. The van der Waals surface area contributed by atoms with Crippen molar-refractivity contribution in [1.82, 2.24) is 15.3 Å². The molecule has 1 aliphatic rings. The summed E-state index contributed by atoms with van der Waals surface area (Å²) in [4.78, 5) is 21.8. The van der Waals surface area contributed by atoms with E-state index in [-0.39, 0.29) is 11.3 Å². The SMILES string of the molecule is CC(C)(C)c1cc(C2CC2)cc2c(Br)cc(C(=O)NCc3ccccn3)nc12. The number of aromatic nitrogens is 2. The number of nitrogens with zero attached hydrogens (tertiary/aromatic N) is 2. The summed E-state index contributed by atoms with van der Waals surface area (Å²) in [6, 6.07) is 12.0. The van der Waals surface area contributed by atoms with Gasteiger partial charge >= 0.3 is 0 Å². The van der Waals surface area contributed by atoms with E-state index in [1.165, 1.54) is 24.0 Å². The molecule has 1 fully saturated rings. The van der Waals surface area contributed by atoms with Crippen molar-refractivity contribution in [2.75, 3.05) is 0 Å². The minimum atomic E-state index is -0.195. The van der Waals surface area contributed by atoms with Crippen molar-refractivity contribution in [3.05, 3.63) is 69.6 Å². The molecule has 4 nitrogen and oxygen atoms in total. The number of halogens is 1. The number of rotatable bonds is 4. The maximum Gasteiger partial charge on any atom is 0.270 e. The summed E-state index contributed by atoms with van der Waals surface area (Å²) in [6.07, 6.45) is 4.24. The number of hydrogen-bond acceptors (Lipinski definition) is 3. The predicted octanol–water partition coefficient (Wildman–Crippen LogP) is 5.50. The van der Waals surface area contributed by atoms with Gasteiger partial charge in [0.25, 0.3) is 5.91 Å². The lowest BCUT2D eigenvalue weighted by atomic mass is 9.83. The fourth-order valence-corrected chi connectivity index (χ4v) is 3.93. The number of pyridine rings is 2. The Morgan fingerprint density at radius 2 is 2.00 bits per heavy atom. The second kappa shape index (κ2) is 7.28. The van der Waals surface area contributed by atoms with Gasteiger partial charge < -0.3 is 5.32 Å². The fourth-order valence-electron chi connectivity index (χ4n) is 3.41. The van der Waals surface area contributed by atoms with Crippen molar-refractivity contribution in [2.45, 2.75) is 51.5 Å². The van der Waals surface area contributed by atoms with Crippen molar-refractivity contribution >= 4 is 32.7 Å². The van der Waals surface area contributed by atoms with Crippen LogP contribution in [-0.4, -0.2) is 15.9 Å². The van der Waals surface area contributed by atoms with E-state index >= 15 is 0 Å². The van der Waals surface area contributed by atoms with Crippen molar-refractivity contribution in [3.63, 3.8) is 0 Å². The zero-order chi connectivity index (χ0) is 19.9. The van der Waals surface area contributed by atoms with Gasteiger partial charge in [-0.2, -0.15) is 0 Å². The molecule has 1 saturated carbocycles. The van der Waals surface area contributed by atoms with Crippen molar-refractivity contribution < 1.29 is 4.79 Å². The molecule has 0 aliphatic heterocycles. The average molecular weight is 438 g/mol. The van der Waals surface area contributed by atoms with E-state index in [4.69, 9.17) is 4.98 Å². The van der Waals surface area contributed by atoms with Gasteiger partial charge in [-0.25, -0.2) is 4.98 Å². The molecule has 0 saturated heterocycles. The minimum Gasteiger partial charge on any atom is -0.345 e. The molecule has 4 rings (SSSR count). The number of benzene rings is 1. The van der Waals surface area contributed by atoms with Crippen LogP contribution in [0.5, 0.6) is 0 Å². The topological polar surface area (TPSA) is 54.9 Å². The lowest BCUT2D eigenvalue weighted by molar-refractivity contribution is 0.0945. The Kier molecular flexibility index (Phi) is 4.96. The molecule has 1 aromatic carbocycles. The smallest absolute Gasteiger partial charge is 0.270 e. The number of carbonyl (C=O) groups is 1. The summed E-state index contributed by atoms with van der Waals surface area (Å²) in [5.74, 6) is 0.470. The zero-order valence-electron chi connectivity index (χ0n) is 16.4. The molecule has 0 atom stereocenters. The number of fused-ring (bicyclic) bond motifs is 1. The fraction of sp³-hybridized carbons (Fsp3) is 0.348. The van der Waals surface area contributed by atoms with E-state index in [0.717, 1.165) is 21.1 Å². The molecular formula is C23H24BrN3O. The highest BCUT2D eigenvalue weighted by Gasteiger charge is 2.28. The van der Waals surface area contributed by atoms with Gasteiger partial charge in [-0.1, -0.05) is 48.8 Å². The molecule has 144 valence electrons. The second-order valence-electron chi connectivity index (χ2n) is 8.48. The van der Waals surface area contributed by atoms with Crippen LogP contribution < -0.4 is 5.32 Å². The van der Waals surface area contributed by atoms with Crippen LogP contribution in [0.1, 0.15) is 66.8 Å². The van der Waals surface area contributed by atoms with Crippen LogP contribution in [0.25, 0.3) is 10.9 Å². The molecule has 28 heavy (non-hydrogen) atoms. The van der Waals surface area contributed by atoms with Gasteiger partial charge in [0.2, 0.25) is 0 Å². The van der Waals surface area contributed by atoms with Gasteiger partial charge in [-0.15, -0.1) is 0 Å². The monoisotopic (exact) mass is 437 g/mol. The molecule has 1 amide bonds. The van der Waals surface area contributed by atoms with Crippen LogP contribution in [0.3, 0.4) is 0 Å². The van der Waals surface area contributed by atoms with Crippen LogP contribution in [0.2, 0.25) is 0 Å². The van der Waals surface area contributed by atoms with Crippen molar-refractivity contribution in [1.29, 1.82) is 0 Å². The molecular weight excluding hydrogens is 414 g/mol. The maximum atomic E-state index is 12.7. The Hall–Kier alpha value is -2.27. The highest BCUT2D eigenvalue weighted by molar-refractivity contribution is 9.10. The first kappa shape index (κ1) is 19.1. The maximum absolute atomic E-state index is 12.7. The summed E-state index contributed by atoms with van der Waals surface area (Å²) < 4.78 is 0.911. The lowest BCUT2D eigenvalue weighted by Gasteiger charge is -2.23. The van der Waals surface area contributed by atoms with Crippen molar-refractivity contribution in [3.8, 4) is 0 Å². The van der Waals surface area contributed by atoms with Crippen molar-refractivity contribution in [2.24, 2.45) is 0 Å². The molecule has 2 aromatic heterocycles. The lowest BCUT2D eigenvalue weighted by Crippen LogP contribution is -2.24. The molecule has 0 radical (unpaired) electrons. The van der Waals surface area contributed by atoms with E-state index in [9.17, 15) is 4.79 Å². The molecule has 2 heterocycles. The standard InChI is InChI=1S/C23H24BrN3O/c1-23(2,3)18-11-15(14-7-8-14)10-17-19(24)12-20(27-21(17)18)22(28)26-13-16-6-4-5-9-25-16/h4-6,9-12,14H,7-8,13H2,1-3H3,(H,26,28). The highest BCUT2D eigenvalue weighted by atomic mass is 79.9. The highest BCUT2D eigenvalue weighted by Crippen LogP contribution is 2.44. The first-order valence-electron chi connectivity index (χ1n) is 9.66. The van der Waals surface area contributed by atoms with Gasteiger partial charge in [-0.3, -0.25) is 9.78 Å². The Labute approximate surface area is 173 Å². The van der Waals surface area contributed by atoms with E-state index in [2.05, 4.69) is 59.1 Å². The Balaban J connectivity index is 1.72. The third kappa shape index (κ3) is 3.95. The number of carbonyl (C=O) groups excluding carboxylic acids is 1. The zero-order valence-corrected chi connectivity index (χ0v) is 18.0. The molecule has 0 spiro atoms. The van der Waals surface area contributed by atoms with Crippen LogP contribution in [0.4, 0.5) is 0 Å². The second-order valence-corrected chi connectivity index (χ2v) is 9.34. The summed E-state index contributed by atoms with van der Waals surface area (Å²) in [7, 11) is 0. The van der Waals surface area contributed by atoms with Crippen LogP contribution in [-0.2, 0) is 12.0 Å². The molecule has 3 aromatic rings. The Bertz CT molecular complexity index is 1040. The number of hydrogen-bond donors (Lipinski definition) is 1. The van der Waals surface area contributed by atoms with E-state index in [1.54, 1.807) is 6.20 Å². The molecule has 1 N–H and O–H groups in total. The van der Waals surface area contributed by atoms with E-state index in [0.29, 0.717) is 18.2 Å². The van der Waals surface area contributed by atoms with Crippen LogP contribution >= 0.6 is 15.9 Å². The minimum absolute atomic E-state index is 0.0569. The summed E-state index contributed by atoms with van der Waals surface area (Å²) in [6.45, 7) is 6.97. The van der Waals surface area contributed by atoms with Crippen LogP contribution in [0.15, 0.2) is 47.1 Å². The van der Waals surface area contributed by atoms with Crippen LogP contribution in [0, 0.1) is 0 Å². The van der Waals surface area contributed by atoms with Gasteiger partial charge in [-0.05, 0) is 59.6 Å². The summed E-state index contributed by atoms with van der Waals surface area (Å²) >= 11 is 3.68. The number of amides is 1. The largest absolute Gasteiger partial charge is 0.345 e. The van der Waals surface area contributed by atoms with E-state index < -0.39 is 0 Å². The normalized spacial score (nSPS) is 14.3. The van der Waals surface area contributed by atoms with E-state index in [1.807, 2.05) is 24.3 Å². The molecule has 1 aliphatic carbocycles. The predicted molar refractivity (Wildman–Crippen MR) is 116 cm³/mol. The Morgan fingerprint density at radius 3 is 2.64 bits per heavy atom. The summed E-state index contributed by atoms with van der Waals surface area (Å²) in [5, 5.41) is 4.00. The number of nitrogens with one attached hydrogen (secondary N) is 1. The average Bonchev–Trinajstić information content (AvgIpc) is 3.50. The van der Waals surface area contributed by atoms with Gasteiger partial charge in [0.15, 0.2) is 0 Å². The molecule has 0 unspecified atom stereocenters. The summed E-state index contributed by atoms with van der Waals surface area (Å²) in [5.41, 5.74) is 4.65. The Morgan fingerprint density at radius 1 is 1.21 bits per heavy atom. The van der Waals surface area contributed by atoms with Gasteiger partial charge in [0.05, 0.1) is 17.8 Å². The third-order valence-electron chi connectivity index (χ3n) is 5.13. The third-order valence-corrected chi connectivity index (χ3v) is 5.79.